The molecule has 3 aromatic rings. The molecular weight excluding hydrogens is 312 g/mol. The fraction of sp³-hybridized carbons (Fsp3) is 0.150. The van der Waals surface area contributed by atoms with Crippen LogP contribution in [0.5, 0.6) is 0 Å². The van der Waals surface area contributed by atoms with Gasteiger partial charge in [0.2, 0.25) is 0 Å². The summed E-state index contributed by atoms with van der Waals surface area (Å²) >= 11 is 0. The van der Waals surface area contributed by atoms with E-state index in [0.717, 1.165) is 11.4 Å². The van der Waals surface area contributed by atoms with Crippen molar-refractivity contribution in [2.45, 2.75) is 19.9 Å². The minimum absolute atomic E-state index is 0.200. The van der Waals surface area contributed by atoms with Crippen LogP contribution >= 0.6 is 0 Å². The molecule has 1 heterocycles. The number of anilines is 2. The highest BCUT2D eigenvalue weighted by Crippen LogP contribution is 2.20. The first-order valence-electron chi connectivity index (χ1n) is 8.14. The van der Waals surface area contributed by atoms with E-state index in [0.29, 0.717) is 11.5 Å². The second-order valence-corrected chi connectivity index (χ2v) is 5.80. The Kier molecular flexibility index (Phi) is 5.04. The normalized spacial score (nSPS) is 11.6. The topological polar surface area (TPSA) is 66.9 Å². The molecule has 0 fully saturated rings. The summed E-state index contributed by atoms with van der Waals surface area (Å²) in [7, 11) is 0. The first-order chi connectivity index (χ1) is 12.1. The van der Waals surface area contributed by atoms with Crippen LogP contribution in [0.1, 0.15) is 34.8 Å². The third-order valence-corrected chi connectivity index (χ3v) is 3.83. The van der Waals surface area contributed by atoms with Crippen molar-refractivity contribution in [1.29, 1.82) is 0 Å². The highest BCUT2D eigenvalue weighted by molar-refractivity contribution is 6.02. The summed E-state index contributed by atoms with van der Waals surface area (Å²) in [6.07, 6.45) is 1.58. The van der Waals surface area contributed by atoms with Gasteiger partial charge in [0.05, 0.1) is 0 Å². The average Bonchev–Trinajstić information content (AvgIpc) is 2.64. The summed E-state index contributed by atoms with van der Waals surface area (Å²) in [5, 5.41) is 6.29. The van der Waals surface area contributed by atoms with Gasteiger partial charge in [-0.2, -0.15) is 0 Å². The number of carbonyl (C=O) groups is 1. The van der Waals surface area contributed by atoms with Crippen LogP contribution in [0.4, 0.5) is 11.4 Å². The van der Waals surface area contributed by atoms with Crippen LogP contribution in [0.3, 0.4) is 0 Å². The smallest absolute Gasteiger partial charge is 0.274 e. The van der Waals surface area contributed by atoms with Crippen molar-refractivity contribution >= 4 is 17.3 Å². The molecular formula is C20H20N4O. The summed E-state index contributed by atoms with van der Waals surface area (Å²) in [5.74, 6) is 0.325. The Morgan fingerprint density at radius 3 is 2.32 bits per heavy atom. The fourth-order valence-electron chi connectivity index (χ4n) is 2.50. The molecule has 5 nitrogen and oxygen atoms in total. The SMILES string of the molecule is Cc1nccc(C(=O)Nc2ccc(N[C@@H](C)c3ccccc3)cc2)n1. The van der Waals surface area contributed by atoms with E-state index in [-0.39, 0.29) is 11.9 Å². The lowest BCUT2D eigenvalue weighted by molar-refractivity contribution is 0.102. The Balaban J connectivity index is 1.63. The number of carbonyl (C=O) groups excluding carboxylic acids is 1. The first-order valence-corrected chi connectivity index (χ1v) is 8.14. The van der Waals surface area contributed by atoms with Crippen molar-refractivity contribution in [2.24, 2.45) is 0 Å². The molecule has 2 N–H and O–H groups in total. The largest absolute Gasteiger partial charge is 0.379 e. The van der Waals surface area contributed by atoms with Crippen LogP contribution in [-0.4, -0.2) is 15.9 Å². The maximum absolute atomic E-state index is 12.2. The lowest BCUT2D eigenvalue weighted by atomic mass is 10.1. The van der Waals surface area contributed by atoms with E-state index in [9.17, 15) is 4.79 Å². The molecule has 0 aliphatic rings. The molecule has 5 heteroatoms. The number of aryl methyl sites for hydroxylation is 1. The second kappa shape index (κ2) is 7.57. The molecule has 0 unspecified atom stereocenters. The van der Waals surface area contributed by atoms with Crippen LogP contribution < -0.4 is 10.6 Å². The molecule has 1 amide bonds. The third-order valence-electron chi connectivity index (χ3n) is 3.83. The summed E-state index contributed by atoms with van der Waals surface area (Å²) in [6.45, 7) is 3.87. The van der Waals surface area contributed by atoms with Crippen LogP contribution in [0.2, 0.25) is 0 Å². The molecule has 0 radical (unpaired) electrons. The number of benzene rings is 2. The number of nitrogens with zero attached hydrogens (tertiary/aromatic N) is 2. The van der Waals surface area contributed by atoms with Gasteiger partial charge in [0.25, 0.3) is 5.91 Å². The summed E-state index contributed by atoms with van der Waals surface area (Å²) < 4.78 is 0. The predicted molar refractivity (Wildman–Crippen MR) is 99.6 cm³/mol. The van der Waals surface area contributed by atoms with Gasteiger partial charge in [-0.1, -0.05) is 30.3 Å². The van der Waals surface area contributed by atoms with Crippen molar-refractivity contribution < 1.29 is 4.79 Å². The van der Waals surface area contributed by atoms with E-state index >= 15 is 0 Å². The van der Waals surface area contributed by atoms with E-state index in [4.69, 9.17) is 0 Å². The molecule has 0 bridgehead atoms. The van der Waals surface area contributed by atoms with Gasteiger partial charge in [-0.15, -0.1) is 0 Å². The van der Waals surface area contributed by atoms with Gasteiger partial charge in [0.1, 0.15) is 11.5 Å². The van der Waals surface area contributed by atoms with Crippen LogP contribution in [0.15, 0.2) is 66.9 Å². The number of hydrogen-bond acceptors (Lipinski definition) is 4. The summed E-state index contributed by atoms with van der Waals surface area (Å²) in [4.78, 5) is 20.3. The van der Waals surface area contributed by atoms with Crippen LogP contribution in [0.25, 0.3) is 0 Å². The first kappa shape index (κ1) is 16.6. The third kappa shape index (κ3) is 4.41. The van der Waals surface area contributed by atoms with E-state index in [1.165, 1.54) is 5.56 Å². The van der Waals surface area contributed by atoms with Crippen molar-refractivity contribution in [2.75, 3.05) is 10.6 Å². The van der Waals surface area contributed by atoms with Crippen molar-refractivity contribution in [1.82, 2.24) is 9.97 Å². The van der Waals surface area contributed by atoms with Crippen LogP contribution in [0, 0.1) is 6.92 Å². The van der Waals surface area contributed by atoms with Gasteiger partial charge in [0.15, 0.2) is 0 Å². The molecule has 0 aliphatic carbocycles. The monoisotopic (exact) mass is 332 g/mol. The summed E-state index contributed by atoms with van der Waals surface area (Å²) in [6, 6.07) is 19.7. The van der Waals surface area contributed by atoms with E-state index in [2.05, 4.69) is 39.7 Å². The van der Waals surface area contributed by atoms with Gasteiger partial charge in [-0.25, -0.2) is 9.97 Å². The fourth-order valence-corrected chi connectivity index (χ4v) is 2.50. The summed E-state index contributed by atoms with van der Waals surface area (Å²) in [5.41, 5.74) is 3.29. The Morgan fingerprint density at radius 1 is 0.960 bits per heavy atom. The molecule has 1 atom stereocenters. The minimum atomic E-state index is -0.246. The van der Waals surface area contributed by atoms with E-state index < -0.39 is 0 Å². The van der Waals surface area contributed by atoms with Crippen molar-refractivity contribution in [3.8, 4) is 0 Å². The van der Waals surface area contributed by atoms with Crippen molar-refractivity contribution in [3.63, 3.8) is 0 Å². The number of aromatic nitrogens is 2. The standard InChI is InChI=1S/C20H20N4O/c1-14(16-6-4-3-5-7-16)22-17-8-10-18(11-9-17)24-20(25)19-12-13-21-15(2)23-19/h3-14,22H,1-2H3,(H,24,25)/t14-/m0/s1. The maximum atomic E-state index is 12.2. The molecule has 1 aromatic heterocycles. The average molecular weight is 332 g/mol. The number of amides is 1. The van der Waals surface area contributed by atoms with Gasteiger partial charge in [-0.3, -0.25) is 4.79 Å². The zero-order chi connectivity index (χ0) is 17.6. The van der Waals surface area contributed by atoms with Crippen molar-refractivity contribution in [3.05, 3.63) is 83.9 Å². The molecule has 2 aromatic carbocycles. The lowest BCUT2D eigenvalue weighted by Gasteiger charge is -2.16. The molecule has 126 valence electrons. The Labute approximate surface area is 147 Å². The molecule has 3 rings (SSSR count). The van der Waals surface area contributed by atoms with E-state index in [1.807, 2.05) is 42.5 Å². The Bertz CT molecular complexity index is 847. The maximum Gasteiger partial charge on any atom is 0.274 e. The van der Waals surface area contributed by atoms with Gasteiger partial charge >= 0.3 is 0 Å². The highest BCUT2D eigenvalue weighted by atomic mass is 16.1. The molecule has 25 heavy (non-hydrogen) atoms. The van der Waals surface area contributed by atoms with Gasteiger partial charge in [0, 0.05) is 23.6 Å². The quantitative estimate of drug-likeness (QED) is 0.734. The number of rotatable bonds is 5. The highest BCUT2D eigenvalue weighted by Gasteiger charge is 2.09. The second-order valence-electron chi connectivity index (χ2n) is 5.80. The molecule has 0 saturated carbocycles. The van der Waals surface area contributed by atoms with Gasteiger partial charge < -0.3 is 10.6 Å². The Hall–Kier alpha value is -3.21. The molecule has 0 saturated heterocycles. The van der Waals surface area contributed by atoms with E-state index in [1.54, 1.807) is 19.2 Å². The molecule has 0 aliphatic heterocycles. The predicted octanol–water partition coefficient (Wildman–Crippen LogP) is 4.21. The minimum Gasteiger partial charge on any atom is -0.379 e. The molecule has 0 spiro atoms. The number of hydrogen-bond donors (Lipinski definition) is 2. The zero-order valence-corrected chi connectivity index (χ0v) is 14.2. The Morgan fingerprint density at radius 2 is 1.64 bits per heavy atom. The van der Waals surface area contributed by atoms with Crippen LogP contribution in [-0.2, 0) is 0 Å². The lowest BCUT2D eigenvalue weighted by Crippen LogP contribution is -2.14. The zero-order valence-electron chi connectivity index (χ0n) is 14.2. The number of nitrogens with one attached hydrogen (secondary N) is 2. The van der Waals surface area contributed by atoms with Gasteiger partial charge in [-0.05, 0) is 49.7 Å².